The zero-order chi connectivity index (χ0) is 12.7. The molecular weight excluding hydrogens is 240 g/mol. The number of rotatable bonds is 7. The van der Waals surface area contributed by atoms with Gasteiger partial charge in [-0.25, -0.2) is 0 Å². The van der Waals surface area contributed by atoms with Crippen LogP contribution in [0.3, 0.4) is 0 Å². The smallest absolute Gasteiger partial charge is 0.137 e. The number of hydrogen-bond acceptors (Lipinski definition) is 3. The van der Waals surface area contributed by atoms with Crippen LogP contribution >= 0.6 is 11.6 Å². The van der Waals surface area contributed by atoms with Crippen LogP contribution in [0.5, 0.6) is 5.75 Å². The average molecular weight is 257 g/mol. The number of nitrogens with two attached hydrogens (primary N) is 1. The van der Waals surface area contributed by atoms with E-state index in [2.05, 4.69) is 0 Å². The monoisotopic (exact) mass is 256 g/mol. The zero-order valence-corrected chi connectivity index (χ0v) is 10.6. The molecular formula is C12H17ClN2O2. The molecule has 1 rings (SSSR count). The maximum absolute atomic E-state index is 7.28. The summed E-state index contributed by atoms with van der Waals surface area (Å²) in [4.78, 5) is 0. The summed E-state index contributed by atoms with van der Waals surface area (Å²) in [6, 6.07) is 5.06. The first-order valence-corrected chi connectivity index (χ1v) is 5.87. The van der Waals surface area contributed by atoms with Gasteiger partial charge < -0.3 is 15.2 Å². The second-order valence-electron chi connectivity index (χ2n) is 3.46. The van der Waals surface area contributed by atoms with Gasteiger partial charge in [-0.3, -0.25) is 5.41 Å². The Morgan fingerprint density at radius 3 is 2.76 bits per heavy atom. The van der Waals surface area contributed by atoms with E-state index in [4.69, 9.17) is 32.2 Å². The Kier molecular flexibility index (Phi) is 5.80. The van der Waals surface area contributed by atoms with E-state index in [-0.39, 0.29) is 5.84 Å². The van der Waals surface area contributed by atoms with Crippen molar-refractivity contribution in [3.8, 4) is 5.75 Å². The van der Waals surface area contributed by atoms with Gasteiger partial charge in [0.2, 0.25) is 0 Å². The van der Waals surface area contributed by atoms with E-state index in [9.17, 15) is 0 Å². The Morgan fingerprint density at radius 1 is 1.41 bits per heavy atom. The number of nitrogens with one attached hydrogen (secondary N) is 1. The molecule has 0 aliphatic heterocycles. The molecule has 0 bridgehead atoms. The summed E-state index contributed by atoms with van der Waals surface area (Å²) in [5.41, 5.74) is 5.95. The first kappa shape index (κ1) is 13.8. The summed E-state index contributed by atoms with van der Waals surface area (Å²) in [5, 5.41) is 7.75. The van der Waals surface area contributed by atoms with Crippen molar-refractivity contribution in [2.45, 2.75) is 13.3 Å². The molecule has 0 aliphatic rings. The maximum atomic E-state index is 7.28. The molecule has 0 saturated heterocycles. The van der Waals surface area contributed by atoms with Crippen molar-refractivity contribution in [2.75, 3.05) is 19.8 Å². The second kappa shape index (κ2) is 7.14. The topological polar surface area (TPSA) is 68.3 Å². The van der Waals surface area contributed by atoms with Crippen LogP contribution in [0.15, 0.2) is 18.2 Å². The van der Waals surface area contributed by atoms with Crippen LogP contribution in [-0.4, -0.2) is 25.7 Å². The molecule has 0 unspecified atom stereocenters. The highest BCUT2D eigenvalue weighted by Crippen LogP contribution is 2.25. The second-order valence-corrected chi connectivity index (χ2v) is 3.87. The maximum Gasteiger partial charge on any atom is 0.137 e. The van der Waals surface area contributed by atoms with Gasteiger partial charge in [0.25, 0.3) is 0 Å². The van der Waals surface area contributed by atoms with Gasteiger partial charge in [-0.1, -0.05) is 11.6 Å². The fourth-order valence-corrected chi connectivity index (χ4v) is 1.51. The van der Waals surface area contributed by atoms with Gasteiger partial charge in [0.1, 0.15) is 11.6 Å². The van der Waals surface area contributed by atoms with Crippen molar-refractivity contribution in [3.05, 3.63) is 28.8 Å². The molecule has 0 radical (unpaired) electrons. The molecule has 0 fully saturated rings. The zero-order valence-electron chi connectivity index (χ0n) is 9.83. The lowest BCUT2D eigenvalue weighted by atomic mass is 10.2. The van der Waals surface area contributed by atoms with Crippen molar-refractivity contribution in [1.82, 2.24) is 0 Å². The highest BCUT2D eigenvalue weighted by Gasteiger charge is 2.04. The summed E-state index contributed by atoms with van der Waals surface area (Å²) in [6.45, 7) is 3.91. The molecule has 0 spiro atoms. The summed E-state index contributed by atoms with van der Waals surface area (Å²) in [5.74, 6) is 0.600. The fraction of sp³-hybridized carbons (Fsp3) is 0.417. The normalized spacial score (nSPS) is 10.2. The molecule has 4 nitrogen and oxygen atoms in total. The van der Waals surface area contributed by atoms with Crippen LogP contribution in [0.2, 0.25) is 5.02 Å². The highest BCUT2D eigenvalue weighted by atomic mass is 35.5. The van der Waals surface area contributed by atoms with Crippen LogP contribution in [0, 0.1) is 5.41 Å². The van der Waals surface area contributed by atoms with Crippen molar-refractivity contribution >= 4 is 17.4 Å². The van der Waals surface area contributed by atoms with Gasteiger partial charge in [0, 0.05) is 25.2 Å². The average Bonchev–Trinajstić information content (AvgIpc) is 2.30. The standard InChI is InChI=1S/C12H17ClN2O2/c1-2-16-6-3-7-17-11-5-4-9(12(14)15)8-10(11)13/h4-5,8H,2-3,6-7H2,1H3,(H3,14,15). The van der Waals surface area contributed by atoms with Gasteiger partial charge in [0.15, 0.2) is 0 Å². The molecule has 17 heavy (non-hydrogen) atoms. The van der Waals surface area contributed by atoms with E-state index in [1.54, 1.807) is 18.2 Å². The first-order valence-electron chi connectivity index (χ1n) is 5.49. The molecule has 1 aromatic carbocycles. The molecule has 0 saturated carbocycles. The van der Waals surface area contributed by atoms with Crippen molar-refractivity contribution in [3.63, 3.8) is 0 Å². The van der Waals surface area contributed by atoms with E-state index in [1.165, 1.54) is 0 Å². The third-order valence-corrected chi connectivity index (χ3v) is 2.43. The van der Waals surface area contributed by atoms with E-state index in [1.807, 2.05) is 6.92 Å². The predicted molar refractivity (Wildman–Crippen MR) is 69.1 cm³/mol. The number of benzene rings is 1. The predicted octanol–water partition coefficient (Wildman–Crippen LogP) is 2.43. The number of hydrogen-bond donors (Lipinski definition) is 2. The van der Waals surface area contributed by atoms with Crippen molar-refractivity contribution < 1.29 is 9.47 Å². The highest BCUT2D eigenvalue weighted by molar-refractivity contribution is 6.32. The third-order valence-electron chi connectivity index (χ3n) is 2.14. The molecule has 0 heterocycles. The molecule has 5 heteroatoms. The number of halogens is 1. The quantitative estimate of drug-likeness (QED) is 0.447. The minimum absolute atomic E-state index is 0.00482. The number of nitrogen functional groups attached to an aromatic ring is 1. The van der Waals surface area contributed by atoms with Gasteiger partial charge in [-0.15, -0.1) is 0 Å². The molecule has 0 aliphatic carbocycles. The minimum atomic E-state index is -0.00482. The third kappa shape index (κ3) is 4.63. The Bertz CT molecular complexity index is 383. The van der Waals surface area contributed by atoms with Gasteiger partial charge in [0.05, 0.1) is 11.6 Å². The van der Waals surface area contributed by atoms with Crippen LogP contribution in [0.25, 0.3) is 0 Å². The van der Waals surface area contributed by atoms with E-state index in [0.717, 1.165) is 6.42 Å². The lowest BCUT2D eigenvalue weighted by Gasteiger charge is -2.09. The van der Waals surface area contributed by atoms with Crippen LogP contribution in [-0.2, 0) is 4.74 Å². The largest absolute Gasteiger partial charge is 0.492 e. The SMILES string of the molecule is CCOCCCOc1ccc(C(=N)N)cc1Cl. The Labute approximate surface area is 106 Å². The van der Waals surface area contributed by atoms with Gasteiger partial charge >= 0.3 is 0 Å². The number of ether oxygens (including phenoxy) is 2. The van der Waals surface area contributed by atoms with Crippen LogP contribution < -0.4 is 10.5 Å². The van der Waals surface area contributed by atoms with Gasteiger partial charge in [-0.05, 0) is 25.1 Å². The first-order chi connectivity index (χ1) is 8.15. The molecule has 0 amide bonds. The molecule has 3 N–H and O–H groups in total. The van der Waals surface area contributed by atoms with Crippen molar-refractivity contribution in [1.29, 1.82) is 5.41 Å². The molecule has 0 atom stereocenters. The van der Waals surface area contributed by atoms with Crippen LogP contribution in [0.1, 0.15) is 18.9 Å². The number of amidine groups is 1. The summed E-state index contributed by atoms with van der Waals surface area (Å²) >= 11 is 6.01. The lowest BCUT2D eigenvalue weighted by Crippen LogP contribution is -2.11. The molecule has 0 aromatic heterocycles. The fourth-order valence-electron chi connectivity index (χ4n) is 1.27. The van der Waals surface area contributed by atoms with E-state index in [0.29, 0.717) is 36.2 Å². The Hall–Kier alpha value is -1.26. The lowest BCUT2D eigenvalue weighted by molar-refractivity contribution is 0.131. The summed E-state index contributed by atoms with van der Waals surface area (Å²) in [6.07, 6.45) is 0.818. The Balaban J connectivity index is 2.46. The van der Waals surface area contributed by atoms with Crippen LogP contribution in [0.4, 0.5) is 0 Å². The summed E-state index contributed by atoms with van der Waals surface area (Å²) in [7, 11) is 0. The minimum Gasteiger partial charge on any atom is -0.492 e. The molecule has 94 valence electrons. The Morgan fingerprint density at radius 2 is 2.18 bits per heavy atom. The van der Waals surface area contributed by atoms with E-state index < -0.39 is 0 Å². The summed E-state index contributed by atoms with van der Waals surface area (Å²) < 4.78 is 10.7. The van der Waals surface area contributed by atoms with Crippen molar-refractivity contribution in [2.24, 2.45) is 5.73 Å². The van der Waals surface area contributed by atoms with E-state index >= 15 is 0 Å². The van der Waals surface area contributed by atoms with Gasteiger partial charge in [-0.2, -0.15) is 0 Å². The molecule has 1 aromatic rings.